The van der Waals surface area contributed by atoms with Crippen LogP contribution >= 0.6 is 0 Å². The Labute approximate surface area is 161 Å². The van der Waals surface area contributed by atoms with E-state index in [0.717, 1.165) is 0 Å². The van der Waals surface area contributed by atoms with Gasteiger partial charge in [0.2, 0.25) is 0 Å². The van der Waals surface area contributed by atoms with Gasteiger partial charge >= 0.3 is 5.97 Å². The number of sulfonamides is 1. The molecule has 2 N–H and O–H groups in total. The molecule has 0 aliphatic rings. The van der Waals surface area contributed by atoms with Crippen LogP contribution in [0.25, 0.3) is 0 Å². The van der Waals surface area contributed by atoms with Gasteiger partial charge in [-0.3, -0.25) is 19.7 Å². The largest absolute Gasteiger partial charge is 0.456 e. The lowest BCUT2D eigenvalue weighted by Crippen LogP contribution is -2.35. The summed E-state index contributed by atoms with van der Waals surface area (Å²) in [5.41, 5.74) is 0.277. The summed E-state index contributed by atoms with van der Waals surface area (Å²) in [6.07, 6.45) is 2.71. The SMILES string of the molecule is Cc1nc(S(=O)(=O)NCCC(=O)OCC(=O)NC(=O)c2cccn2C)cn1C. The van der Waals surface area contributed by atoms with Crippen LogP contribution in [0.5, 0.6) is 0 Å². The van der Waals surface area contributed by atoms with Gasteiger partial charge in [-0.25, -0.2) is 18.1 Å². The Morgan fingerprint density at radius 3 is 2.50 bits per heavy atom. The second-order valence-electron chi connectivity index (χ2n) is 5.93. The average molecular weight is 411 g/mol. The highest BCUT2D eigenvalue weighted by molar-refractivity contribution is 7.89. The number of aryl methyl sites for hydroxylation is 3. The van der Waals surface area contributed by atoms with Crippen molar-refractivity contribution in [2.45, 2.75) is 18.4 Å². The summed E-state index contributed by atoms with van der Waals surface area (Å²) in [5, 5.41) is 1.94. The van der Waals surface area contributed by atoms with Gasteiger partial charge in [-0.1, -0.05) is 0 Å². The molecule has 0 bridgehead atoms. The predicted octanol–water partition coefficient (Wildman–Crippen LogP) is -0.765. The van der Waals surface area contributed by atoms with Gasteiger partial charge in [0.15, 0.2) is 11.6 Å². The van der Waals surface area contributed by atoms with Crippen LogP contribution < -0.4 is 10.0 Å². The highest BCUT2D eigenvalue weighted by Crippen LogP contribution is 2.07. The molecule has 0 unspecified atom stereocenters. The van der Waals surface area contributed by atoms with Crippen molar-refractivity contribution in [2.75, 3.05) is 13.2 Å². The number of hydrogen-bond donors (Lipinski definition) is 2. The van der Waals surface area contributed by atoms with Gasteiger partial charge in [0.1, 0.15) is 11.5 Å². The Bertz CT molecular complexity index is 972. The molecule has 2 aromatic rings. The topological polar surface area (TPSA) is 141 Å². The molecule has 11 nitrogen and oxygen atoms in total. The number of amides is 2. The number of aromatic nitrogens is 3. The van der Waals surface area contributed by atoms with E-state index in [1.54, 1.807) is 37.8 Å². The molecule has 0 saturated carbocycles. The number of esters is 1. The Morgan fingerprint density at radius 2 is 1.93 bits per heavy atom. The molecule has 2 amide bonds. The maximum absolute atomic E-state index is 12.1. The van der Waals surface area contributed by atoms with Gasteiger partial charge in [-0.2, -0.15) is 0 Å². The van der Waals surface area contributed by atoms with Crippen LogP contribution in [0.4, 0.5) is 0 Å². The molecule has 0 saturated heterocycles. The molecule has 0 atom stereocenters. The first kappa shape index (κ1) is 21.3. The smallest absolute Gasteiger partial charge is 0.307 e. The lowest BCUT2D eigenvalue weighted by Gasteiger charge is -2.07. The van der Waals surface area contributed by atoms with Crippen molar-refractivity contribution in [1.82, 2.24) is 24.2 Å². The fourth-order valence-electron chi connectivity index (χ4n) is 2.16. The first-order chi connectivity index (χ1) is 13.1. The Kier molecular flexibility index (Phi) is 6.70. The average Bonchev–Trinajstić information content (AvgIpc) is 3.19. The van der Waals surface area contributed by atoms with E-state index in [9.17, 15) is 22.8 Å². The van der Waals surface area contributed by atoms with Gasteiger partial charge in [0, 0.05) is 33.0 Å². The maximum Gasteiger partial charge on any atom is 0.307 e. The number of nitrogens with zero attached hydrogens (tertiary/aromatic N) is 3. The zero-order valence-electron chi connectivity index (χ0n) is 15.6. The molecular formula is C16H21N5O6S. The van der Waals surface area contributed by atoms with Crippen LogP contribution in [0.3, 0.4) is 0 Å². The number of imide groups is 1. The third kappa shape index (κ3) is 5.50. The summed E-state index contributed by atoms with van der Waals surface area (Å²) < 4.78 is 34.2. The highest BCUT2D eigenvalue weighted by Gasteiger charge is 2.19. The quantitative estimate of drug-likeness (QED) is 0.544. The molecule has 0 aromatic carbocycles. The van der Waals surface area contributed by atoms with Crippen LogP contribution in [-0.4, -0.2) is 53.5 Å². The second-order valence-corrected chi connectivity index (χ2v) is 7.64. The van der Waals surface area contributed by atoms with E-state index in [1.807, 2.05) is 0 Å². The molecule has 0 spiro atoms. The summed E-state index contributed by atoms with van der Waals surface area (Å²) in [6, 6.07) is 3.18. The normalized spacial score (nSPS) is 11.2. The monoisotopic (exact) mass is 411 g/mol. The number of carbonyl (C=O) groups excluding carboxylic acids is 3. The molecular weight excluding hydrogens is 390 g/mol. The van der Waals surface area contributed by atoms with E-state index in [1.165, 1.54) is 16.8 Å². The maximum atomic E-state index is 12.1. The van der Waals surface area contributed by atoms with Crippen molar-refractivity contribution in [3.63, 3.8) is 0 Å². The number of carbonyl (C=O) groups is 3. The number of ether oxygens (including phenoxy) is 1. The van der Waals surface area contributed by atoms with Gasteiger partial charge in [0.25, 0.3) is 21.8 Å². The predicted molar refractivity (Wildman–Crippen MR) is 96.6 cm³/mol. The summed E-state index contributed by atoms with van der Waals surface area (Å²) in [7, 11) is -0.545. The zero-order chi connectivity index (χ0) is 20.9. The lowest BCUT2D eigenvalue weighted by molar-refractivity contribution is -0.148. The molecule has 2 rings (SSSR count). The van der Waals surface area contributed by atoms with Gasteiger partial charge in [0.05, 0.1) is 6.42 Å². The van der Waals surface area contributed by atoms with E-state index in [-0.39, 0.29) is 23.7 Å². The lowest BCUT2D eigenvalue weighted by atomic mass is 10.4. The van der Waals surface area contributed by atoms with E-state index in [0.29, 0.717) is 5.82 Å². The van der Waals surface area contributed by atoms with Crippen molar-refractivity contribution in [3.05, 3.63) is 36.0 Å². The third-order valence-electron chi connectivity index (χ3n) is 3.78. The molecule has 0 aliphatic heterocycles. The van der Waals surface area contributed by atoms with Crippen LogP contribution in [0.15, 0.2) is 29.6 Å². The third-order valence-corrected chi connectivity index (χ3v) is 5.11. The highest BCUT2D eigenvalue weighted by atomic mass is 32.2. The summed E-state index contributed by atoms with van der Waals surface area (Å²) >= 11 is 0. The zero-order valence-corrected chi connectivity index (χ0v) is 16.4. The molecule has 0 fully saturated rings. The summed E-state index contributed by atoms with van der Waals surface area (Å²) in [4.78, 5) is 39.1. The fraction of sp³-hybridized carbons (Fsp3) is 0.375. The first-order valence-corrected chi connectivity index (χ1v) is 9.69. The van der Waals surface area contributed by atoms with Crippen molar-refractivity contribution in [2.24, 2.45) is 14.1 Å². The van der Waals surface area contributed by atoms with Gasteiger partial charge in [-0.05, 0) is 19.1 Å². The summed E-state index contributed by atoms with van der Waals surface area (Å²) in [6.45, 7) is 0.784. The van der Waals surface area contributed by atoms with E-state index >= 15 is 0 Å². The van der Waals surface area contributed by atoms with Crippen LogP contribution in [0.1, 0.15) is 22.7 Å². The van der Waals surface area contributed by atoms with Crippen LogP contribution in [0, 0.1) is 6.92 Å². The standard InChI is InChI=1S/C16H21N5O6S/c1-11-18-14(9-21(11)3)28(25,26)17-7-6-15(23)27-10-13(22)19-16(24)12-5-4-8-20(12)2/h4-5,8-9,17H,6-7,10H2,1-3H3,(H,19,22,24). The first-order valence-electron chi connectivity index (χ1n) is 8.21. The molecule has 28 heavy (non-hydrogen) atoms. The second kappa shape index (κ2) is 8.80. The van der Waals surface area contributed by atoms with E-state index in [2.05, 4.69) is 15.0 Å². The number of imidazole rings is 1. The molecule has 0 aliphatic carbocycles. The minimum atomic E-state index is -3.85. The minimum absolute atomic E-state index is 0.153. The molecule has 152 valence electrons. The Hall–Kier alpha value is -2.99. The van der Waals surface area contributed by atoms with Gasteiger partial charge in [-0.15, -0.1) is 0 Å². The Balaban J connectivity index is 1.73. The molecule has 2 aromatic heterocycles. The molecule has 2 heterocycles. The van der Waals surface area contributed by atoms with Crippen molar-refractivity contribution < 1.29 is 27.5 Å². The van der Waals surface area contributed by atoms with Gasteiger partial charge < -0.3 is 13.9 Å². The minimum Gasteiger partial charge on any atom is -0.456 e. The van der Waals surface area contributed by atoms with Crippen molar-refractivity contribution in [3.8, 4) is 0 Å². The van der Waals surface area contributed by atoms with E-state index in [4.69, 9.17) is 4.74 Å². The van der Waals surface area contributed by atoms with Crippen molar-refractivity contribution >= 4 is 27.8 Å². The number of hydrogen-bond acceptors (Lipinski definition) is 7. The molecule has 12 heteroatoms. The van der Waals surface area contributed by atoms with Crippen molar-refractivity contribution in [1.29, 1.82) is 0 Å². The Morgan fingerprint density at radius 1 is 1.21 bits per heavy atom. The number of rotatable bonds is 8. The molecule has 0 radical (unpaired) electrons. The fourth-order valence-corrected chi connectivity index (χ4v) is 3.23. The van der Waals surface area contributed by atoms with Crippen LogP contribution in [0.2, 0.25) is 0 Å². The number of nitrogens with one attached hydrogen (secondary N) is 2. The van der Waals surface area contributed by atoms with E-state index < -0.39 is 34.4 Å². The summed E-state index contributed by atoms with van der Waals surface area (Å²) in [5.74, 6) is -1.67. The van der Waals surface area contributed by atoms with Crippen LogP contribution in [-0.2, 0) is 38.4 Å².